The van der Waals surface area contributed by atoms with E-state index < -0.39 is 41.9 Å². The van der Waals surface area contributed by atoms with Crippen LogP contribution in [0.4, 0.5) is 5.95 Å². The molecule has 3 rings (SSSR count). The molecule has 210 valence electrons. The molecule has 0 aliphatic carbocycles. The lowest BCUT2D eigenvalue weighted by Crippen LogP contribution is -2.45. The molecule has 0 spiro atoms. The molecule has 2 aromatic heterocycles. The molecule has 0 saturated carbocycles. The number of nitrogens with zero attached hydrogens (tertiary/aromatic N) is 5. The summed E-state index contributed by atoms with van der Waals surface area (Å²) in [6.45, 7) is 1.59. The van der Waals surface area contributed by atoms with E-state index in [0.29, 0.717) is 0 Å². The van der Waals surface area contributed by atoms with Crippen molar-refractivity contribution in [3.05, 3.63) is 46.6 Å². The maximum absolute atomic E-state index is 13.1. The second kappa shape index (κ2) is 12.4. The number of anilines is 1. The smallest absolute Gasteiger partial charge is 0.339 e. The number of rotatable bonds is 10. The molecule has 0 fully saturated rings. The minimum atomic E-state index is -4.52. The summed E-state index contributed by atoms with van der Waals surface area (Å²) < 4.78 is 72.3. The molecule has 3 N–H and O–H groups in total. The van der Waals surface area contributed by atoms with Gasteiger partial charge in [-0.15, -0.1) is 9.23 Å². The van der Waals surface area contributed by atoms with Crippen molar-refractivity contribution in [3.63, 3.8) is 0 Å². The van der Waals surface area contributed by atoms with Crippen molar-refractivity contribution < 1.29 is 35.8 Å². The van der Waals surface area contributed by atoms with Gasteiger partial charge in [-0.1, -0.05) is 12.1 Å². The minimum Gasteiger partial charge on any atom is -0.481 e. The molecule has 1 aromatic carbocycles. The third kappa shape index (κ3) is 7.40. The van der Waals surface area contributed by atoms with E-state index in [4.69, 9.17) is 14.2 Å². The number of guanidine groups is 1. The molecular weight excluding hydrogens is 624 g/mol. The highest BCUT2D eigenvalue weighted by Crippen LogP contribution is 2.22. The first-order chi connectivity index (χ1) is 18.4. The van der Waals surface area contributed by atoms with Crippen LogP contribution >= 0.6 is 15.9 Å². The van der Waals surface area contributed by atoms with Crippen LogP contribution in [0.2, 0.25) is 0 Å². The van der Waals surface area contributed by atoms with E-state index in [1.54, 1.807) is 6.92 Å². The topological polar surface area (TPSA) is 205 Å². The van der Waals surface area contributed by atoms with E-state index in [0.717, 1.165) is 6.07 Å². The summed E-state index contributed by atoms with van der Waals surface area (Å²) in [7, 11) is -4.86. The Labute approximate surface area is 232 Å². The Morgan fingerprint density at radius 2 is 1.74 bits per heavy atom. The highest BCUT2D eigenvalue weighted by molar-refractivity contribution is 9.10. The first-order valence-corrected chi connectivity index (χ1v) is 14.4. The summed E-state index contributed by atoms with van der Waals surface area (Å²) in [5.74, 6) is -1.73. The number of hydrazine groups is 1. The van der Waals surface area contributed by atoms with Gasteiger partial charge in [0.15, 0.2) is 0 Å². The lowest BCUT2D eigenvalue weighted by molar-refractivity contribution is 0.0521. The average Bonchev–Trinajstić information content (AvgIpc) is 3.25. The fourth-order valence-electron chi connectivity index (χ4n) is 2.88. The van der Waals surface area contributed by atoms with Crippen molar-refractivity contribution in [2.45, 2.75) is 16.8 Å². The zero-order valence-electron chi connectivity index (χ0n) is 20.9. The van der Waals surface area contributed by atoms with Crippen LogP contribution in [0.25, 0.3) is 0 Å². The second-order valence-corrected chi connectivity index (χ2v) is 11.2. The van der Waals surface area contributed by atoms with Crippen molar-refractivity contribution in [3.8, 4) is 11.8 Å². The standard InChI is InChI=1S/C20H23BrN8O8S2/c1-5-37-18(30)12-8-6-7-9-14(12)38(31,32)28-25-20(24-19-22-15(35-3)10-16(23-19)36-4)27-39(33,34)17-13(21)11-29(2)26-17/h6-11,28H,5H2,1-4H3,(H2,22,23,24,25,27). The molecule has 0 amide bonds. The van der Waals surface area contributed by atoms with E-state index in [1.165, 1.54) is 56.4 Å². The van der Waals surface area contributed by atoms with Gasteiger partial charge in [0.2, 0.25) is 28.7 Å². The van der Waals surface area contributed by atoms with Crippen molar-refractivity contribution in [1.29, 1.82) is 0 Å². The quantitative estimate of drug-likeness (QED) is 0.121. The molecule has 0 bridgehead atoms. The fourth-order valence-corrected chi connectivity index (χ4v) is 5.86. The summed E-state index contributed by atoms with van der Waals surface area (Å²) in [4.78, 5) is 21.9. The summed E-state index contributed by atoms with van der Waals surface area (Å²) in [6.07, 6.45) is 1.38. The maximum Gasteiger partial charge on any atom is 0.339 e. The number of aromatic nitrogens is 4. The highest BCUT2D eigenvalue weighted by Gasteiger charge is 2.26. The summed E-state index contributed by atoms with van der Waals surface area (Å²) >= 11 is 3.10. The summed E-state index contributed by atoms with van der Waals surface area (Å²) in [6, 6.07) is 6.63. The van der Waals surface area contributed by atoms with Crippen molar-refractivity contribution in [2.24, 2.45) is 11.4 Å². The van der Waals surface area contributed by atoms with Crippen molar-refractivity contribution in [2.75, 3.05) is 26.1 Å². The van der Waals surface area contributed by atoms with Gasteiger partial charge in [0.25, 0.3) is 10.0 Å². The minimum absolute atomic E-state index is 0.0184. The van der Waals surface area contributed by atoms with Gasteiger partial charge in [0.05, 0.1) is 41.8 Å². The van der Waals surface area contributed by atoms with Gasteiger partial charge in [-0.3, -0.25) is 15.4 Å². The Hall–Kier alpha value is -3.81. The Bertz CT molecular complexity index is 1590. The monoisotopic (exact) mass is 646 g/mol. The van der Waals surface area contributed by atoms with E-state index in [-0.39, 0.29) is 34.4 Å². The first kappa shape index (κ1) is 29.7. The van der Waals surface area contributed by atoms with Gasteiger partial charge >= 0.3 is 16.0 Å². The number of nitrogens with one attached hydrogen (secondary N) is 3. The molecule has 0 aliphatic heterocycles. The second-order valence-electron chi connectivity index (χ2n) is 7.22. The van der Waals surface area contributed by atoms with Crippen LogP contribution in [0.15, 0.2) is 55.3 Å². The Morgan fingerprint density at radius 3 is 2.31 bits per heavy atom. The Kier molecular flexibility index (Phi) is 9.43. The molecule has 0 saturated heterocycles. The van der Waals surface area contributed by atoms with Gasteiger partial charge < -0.3 is 14.2 Å². The number of carbonyl (C=O) groups excluding carboxylic acids is 1. The molecule has 2 heterocycles. The third-order valence-electron chi connectivity index (χ3n) is 4.51. The summed E-state index contributed by atoms with van der Waals surface area (Å²) in [5, 5.41) is 5.88. The molecule has 19 heteroatoms. The third-order valence-corrected chi connectivity index (χ3v) is 7.87. The zero-order valence-corrected chi connectivity index (χ0v) is 24.1. The first-order valence-electron chi connectivity index (χ1n) is 10.7. The number of ether oxygens (including phenoxy) is 3. The van der Waals surface area contributed by atoms with Crippen LogP contribution in [0.1, 0.15) is 17.3 Å². The van der Waals surface area contributed by atoms with Crippen molar-refractivity contribution >= 4 is 53.9 Å². The molecular formula is C20H23BrN8O8S2. The summed E-state index contributed by atoms with van der Waals surface area (Å²) in [5.41, 5.74) is 1.95. The lowest BCUT2D eigenvalue weighted by atomic mass is 10.2. The number of carbonyl (C=O) groups is 1. The number of methoxy groups -OCH3 is 2. The van der Waals surface area contributed by atoms with Crippen LogP contribution in [-0.4, -0.2) is 69.3 Å². The molecule has 0 unspecified atom stereocenters. The van der Waals surface area contributed by atoms with E-state index >= 15 is 0 Å². The van der Waals surface area contributed by atoms with E-state index in [1.807, 2.05) is 4.83 Å². The predicted octanol–water partition coefficient (Wildman–Crippen LogP) is 0.806. The molecule has 0 radical (unpaired) electrons. The van der Waals surface area contributed by atoms with Gasteiger partial charge in [0.1, 0.15) is 0 Å². The number of hydrogen-bond donors (Lipinski definition) is 3. The van der Waals surface area contributed by atoms with Gasteiger partial charge in [-0.2, -0.15) is 23.5 Å². The van der Waals surface area contributed by atoms with Crippen LogP contribution in [0.3, 0.4) is 0 Å². The van der Waals surface area contributed by atoms with Crippen LogP contribution in [0, 0.1) is 0 Å². The number of hydrogen-bond acceptors (Lipinski definition) is 11. The van der Waals surface area contributed by atoms with Gasteiger partial charge in [-0.05, 0) is 35.0 Å². The van der Waals surface area contributed by atoms with Crippen LogP contribution < -0.4 is 25.0 Å². The predicted molar refractivity (Wildman–Crippen MR) is 140 cm³/mol. The normalized spacial score (nSPS) is 12.1. The average molecular weight is 647 g/mol. The number of esters is 1. The Morgan fingerprint density at radius 1 is 1.10 bits per heavy atom. The van der Waals surface area contributed by atoms with Crippen LogP contribution in [-0.2, 0) is 31.8 Å². The number of sulfonamides is 2. The van der Waals surface area contributed by atoms with Crippen molar-refractivity contribution in [1.82, 2.24) is 30.0 Å². The van der Waals surface area contributed by atoms with E-state index in [2.05, 4.69) is 46.1 Å². The molecule has 0 atom stereocenters. The number of halogens is 1. The molecule has 0 aliphatic rings. The Balaban J connectivity index is 2.02. The van der Waals surface area contributed by atoms with Crippen LogP contribution in [0.5, 0.6) is 11.8 Å². The van der Waals surface area contributed by atoms with Gasteiger partial charge in [-0.25, -0.2) is 13.2 Å². The molecule has 39 heavy (non-hydrogen) atoms. The zero-order chi connectivity index (χ0) is 28.8. The van der Waals surface area contributed by atoms with Gasteiger partial charge in [0, 0.05) is 13.2 Å². The largest absolute Gasteiger partial charge is 0.481 e. The lowest BCUT2D eigenvalue weighted by Gasteiger charge is -2.15. The fraction of sp³-hybridized carbons (Fsp3) is 0.250. The molecule has 3 aromatic rings. The van der Waals surface area contributed by atoms with E-state index in [9.17, 15) is 21.6 Å². The number of aryl methyl sites for hydroxylation is 1. The molecule has 16 nitrogen and oxygen atoms in total. The number of benzene rings is 1. The SMILES string of the molecule is CCOC(=O)c1ccccc1S(=O)(=O)NNC(=NS(=O)(=O)c1nn(C)cc1Br)Nc1nc(OC)cc(OC)n1. The maximum atomic E-state index is 13.1. The highest BCUT2D eigenvalue weighted by atomic mass is 79.9.